The number of furan rings is 1. The van der Waals surface area contributed by atoms with Crippen molar-refractivity contribution < 1.29 is 4.42 Å². The number of hydrogen-bond donors (Lipinski definition) is 1. The van der Waals surface area contributed by atoms with Gasteiger partial charge in [0.05, 0.1) is 5.41 Å². The molecule has 1 aromatic heterocycles. The SMILES string of the molecule is CC(c1ccccc1)c1cccc2c1-c1cc(C(N)=Nc3c(CC4=CCCC(c5ccccc5)=C4)oc4ccccc34)ccc1C21c2ccccc2C(C)(C)c2ccccc21. The van der Waals surface area contributed by atoms with Gasteiger partial charge in [-0.15, -0.1) is 0 Å². The Labute approximate surface area is 358 Å². The van der Waals surface area contributed by atoms with Gasteiger partial charge in [-0.1, -0.05) is 185 Å². The molecule has 1 atom stereocenters. The Bertz CT molecular complexity index is 3060. The largest absolute Gasteiger partial charge is 0.458 e. The Morgan fingerprint density at radius 1 is 0.672 bits per heavy atom. The lowest BCUT2D eigenvalue weighted by Gasteiger charge is -2.46. The fraction of sp³-hybridized carbons (Fsp3) is 0.155. The third-order valence-electron chi connectivity index (χ3n) is 13.8. The van der Waals surface area contributed by atoms with Gasteiger partial charge in [0.2, 0.25) is 0 Å². The fourth-order valence-electron chi connectivity index (χ4n) is 10.9. The molecule has 3 aliphatic rings. The van der Waals surface area contributed by atoms with Crippen molar-refractivity contribution in [3.05, 3.63) is 249 Å². The van der Waals surface area contributed by atoms with Gasteiger partial charge in [0.1, 0.15) is 22.9 Å². The second kappa shape index (κ2) is 14.3. The van der Waals surface area contributed by atoms with Gasteiger partial charge in [0, 0.05) is 28.7 Å². The molecule has 3 heteroatoms. The molecular weight excluding hydrogens is 741 g/mol. The number of para-hydroxylation sites is 1. The number of nitrogens with zero attached hydrogens (tertiary/aromatic N) is 1. The van der Waals surface area contributed by atoms with E-state index in [1.165, 1.54) is 72.3 Å². The van der Waals surface area contributed by atoms with E-state index in [1.54, 1.807) is 0 Å². The zero-order chi connectivity index (χ0) is 41.3. The van der Waals surface area contributed by atoms with Crippen molar-refractivity contribution >= 4 is 28.1 Å². The van der Waals surface area contributed by atoms with Crippen molar-refractivity contribution in [2.24, 2.45) is 10.7 Å². The van der Waals surface area contributed by atoms with Gasteiger partial charge >= 0.3 is 0 Å². The van der Waals surface area contributed by atoms with Crippen molar-refractivity contribution in [2.75, 3.05) is 0 Å². The molecule has 0 saturated heterocycles. The van der Waals surface area contributed by atoms with E-state index in [-0.39, 0.29) is 11.3 Å². The first-order chi connectivity index (χ1) is 29.8. The van der Waals surface area contributed by atoms with Crippen LogP contribution in [0.2, 0.25) is 0 Å². The summed E-state index contributed by atoms with van der Waals surface area (Å²) in [6, 6.07) is 61.8. The molecule has 61 heavy (non-hydrogen) atoms. The summed E-state index contributed by atoms with van der Waals surface area (Å²) >= 11 is 0. The minimum Gasteiger partial charge on any atom is -0.458 e. The number of nitrogens with two attached hydrogens (primary N) is 1. The number of fused-ring (bicyclic) bond motifs is 10. The second-order valence-corrected chi connectivity index (χ2v) is 17.5. The van der Waals surface area contributed by atoms with E-state index in [1.807, 2.05) is 18.2 Å². The summed E-state index contributed by atoms with van der Waals surface area (Å²) in [5.41, 5.74) is 26.0. The molecule has 8 aromatic rings. The molecule has 1 spiro atoms. The summed E-state index contributed by atoms with van der Waals surface area (Å²) in [4.78, 5) is 5.29. The summed E-state index contributed by atoms with van der Waals surface area (Å²) in [6.07, 6.45) is 7.31. The zero-order valence-electron chi connectivity index (χ0n) is 35.0. The third kappa shape index (κ3) is 5.75. The van der Waals surface area contributed by atoms with Crippen LogP contribution in [0.1, 0.15) is 101 Å². The highest BCUT2D eigenvalue weighted by Gasteiger charge is 2.53. The average molecular weight is 789 g/mol. The summed E-state index contributed by atoms with van der Waals surface area (Å²) in [7, 11) is 0. The van der Waals surface area contributed by atoms with Crippen molar-refractivity contribution in [2.45, 2.75) is 56.8 Å². The molecule has 0 bridgehead atoms. The molecule has 11 rings (SSSR count). The molecule has 0 saturated carbocycles. The van der Waals surface area contributed by atoms with E-state index in [0.29, 0.717) is 12.3 Å². The first-order valence-electron chi connectivity index (χ1n) is 21.7. The lowest BCUT2D eigenvalue weighted by molar-refractivity contribution is 0.563. The van der Waals surface area contributed by atoms with Gasteiger partial charge in [-0.2, -0.15) is 0 Å². The quantitative estimate of drug-likeness (QED) is 0.129. The van der Waals surface area contributed by atoms with E-state index < -0.39 is 5.41 Å². The van der Waals surface area contributed by atoms with Gasteiger partial charge < -0.3 is 10.2 Å². The maximum absolute atomic E-state index is 7.22. The van der Waals surface area contributed by atoms with E-state index >= 15 is 0 Å². The molecule has 0 radical (unpaired) electrons. The van der Waals surface area contributed by atoms with E-state index in [4.69, 9.17) is 15.1 Å². The van der Waals surface area contributed by atoms with Gasteiger partial charge in [-0.25, -0.2) is 4.99 Å². The molecule has 1 unspecified atom stereocenters. The van der Waals surface area contributed by atoms with Crippen LogP contribution in [0, 0.1) is 0 Å². The first kappa shape index (κ1) is 37.1. The van der Waals surface area contributed by atoms with Crippen LogP contribution in [0.3, 0.4) is 0 Å². The number of rotatable bonds is 7. The molecule has 296 valence electrons. The summed E-state index contributed by atoms with van der Waals surface area (Å²) in [5, 5.41) is 0.964. The maximum Gasteiger partial charge on any atom is 0.136 e. The van der Waals surface area contributed by atoms with Crippen LogP contribution in [0.5, 0.6) is 0 Å². The first-order valence-corrected chi connectivity index (χ1v) is 21.7. The van der Waals surface area contributed by atoms with Crippen molar-refractivity contribution in [1.29, 1.82) is 0 Å². The third-order valence-corrected chi connectivity index (χ3v) is 13.8. The molecule has 0 aliphatic heterocycles. The Kier molecular flexibility index (Phi) is 8.72. The topological polar surface area (TPSA) is 51.5 Å². The van der Waals surface area contributed by atoms with Crippen molar-refractivity contribution in [3.63, 3.8) is 0 Å². The second-order valence-electron chi connectivity index (χ2n) is 17.5. The van der Waals surface area contributed by atoms with Gasteiger partial charge in [0.15, 0.2) is 0 Å². The van der Waals surface area contributed by atoms with Gasteiger partial charge in [-0.3, -0.25) is 0 Å². The lowest BCUT2D eigenvalue weighted by atomic mass is 9.55. The number of hydrogen-bond acceptors (Lipinski definition) is 2. The fourth-order valence-corrected chi connectivity index (χ4v) is 10.9. The predicted molar refractivity (Wildman–Crippen MR) is 252 cm³/mol. The molecule has 3 nitrogen and oxygen atoms in total. The Hall–Kier alpha value is -6.97. The molecule has 1 heterocycles. The summed E-state index contributed by atoms with van der Waals surface area (Å²) < 4.78 is 6.61. The monoisotopic (exact) mass is 788 g/mol. The number of aliphatic imine (C=N–C) groups is 1. The number of allylic oxidation sites excluding steroid dienone is 4. The standard InChI is InChI=1S/C58H48N2O/c1-37(39-19-6-4-7-20-39)43-25-17-30-51-54(43)45-36-42(32-33-46(45)58(51)49-28-13-11-26-47(49)57(2,3)48-27-12-14-29-50(48)58)56(59)60-55-44-24-10-15-31-52(44)61-53(55)35-38-18-16-23-41(34-38)40-21-8-5-9-22-40/h4-15,17-22,24-34,36-37H,16,23,35H2,1-3H3,(H2,59,60). The highest BCUT2D eigenvalue weighted by molar-refractivity contribution is 6.04. The van der Waals surface area contributed by atoms with Crippen LogP contribution >= 0.6 is 0 Å². The van der Waals surface area contributed by atoms with E-state index in [2.05, 4.69) is 185 Å². The van der Waals surface area contributed by atoms with Crippen LogP contribution in [0.4, 0.5) is 5.69 Å². The predicted octanol–water partition coefficient (Wildman–Crippen LogP) is 14.0. The molecular formula is C58H48N2O. The molecule has 0 fully saturated rings. The smallest absolute Gasteiger partial charge is 0.136 e. The Morgan fingerprint density at radius 2 is 1.31 bits per heavy atom. The zero-order valence-corrected chi connectivity index (χ0v) is 35.0. The molecule has 3 aliphatic carbocycles. The average Bonchev–Trinajstić information content (AvgIpc) is 3.81. The number of amidine groups is 1. The van der Waals surface area contributed by atoms with E-state index in [0.717, 1.165) is 40.8 Å². The van der Waals surface area contributed by atoms with Gasteiger partial charge in [0.25, 0.3) is 0 Å². The van der Waals surface area contributed by atoms with Crippen molar-refractivity contribution in [3.8, 4) is 11.1 Å². The molecule has 2 N–H and O–H groups in total. The van der Waals surface area contributed by atoms with Crippen LogP contribution in [0.15, 0.2) is 197 Å². The highest BCUT2D eigenvalue weighted by Crippen LogP contribution is 2.63. The van der Waals surface area contributed by atoms with Crippen molar-refractivity contribution in [1.82, 2.24) is 0 Å². The molecule has 0 amide bonds. The summed E-state index contributed by atoms with van der Waals surface area (Å²) in [5.74, 6) is 1.45. The van der Waals surface area contributed by atoms with Gasteiger partial charge in [-0.05, 0) is 103 Å². The minimum absolute atomic E-state index is 0.157. The van der Waals surface area contributed by atoms with Crippen LogP contribution in [0.25, 0.3) is 27.7 Å². The Morgan fingerprint density at radius 3 is 2.05 bits per heavy atom. The molecule has 7 aromatic carbocycles. The summed E-state index contributed by atoms with van der Waals surface area (Å²) in [6.45, 7) is 7.09. The van der Waals surface area contributed by atoms with Crippen LogP contribution < -0.4 is 5.73 Å². The van der Waals surface area contributed by atoms with Crippen LogP contribution in [-0.2, 0) is 17.3 Å². The van der Waals surface area contributed by atoms with E-state index in [9.17, 15) is 0 Å². The number of benzene rings is 7. The minimum atomic E-state index is -0.516. The lowest BCUT2D eigenvalue weighted by Crippen LogP contribution is -2.40. The van der Waals surface area contributed by atoms with Crippen LogP contribution in [-0.4, -0.2) is 5.84 Å². The highest BCUT2D eigenvalue weighted by atomic mass is 16.3. The normalized spacial score (nSPS) is 16.3. The Balaban J connectivity index is 1.10. The maximum atomic E-state index is 7.22.